The second-order valence-corrected chi connectivity index (χ2v) is 5.60. The fourth-order valence-corrected chi connectivity index (χ4v) is 3.24. The van der Waals surface area contributed by atoms with Crippen LogP contribution in [0, 0.1) is 11.8 Å². The number of rotatable bonds is 3. The third kappa shape index (κ3) is 2.98. The Hall–Kier alpha value is -0.0800. The minimum Gasteiger partial charge on any atom is -0.381 e. The van der Waals surface area contributed by atoms with E-state index in [1.54, 1.807) is 0 Å². The molecule has 1 atom stereocenters. The molecular formula is C14H27NO. The molecule has 94 valence electrons. The van der Waals surface area contributed by atoms with Crippen LogP contribution in [0.5, 0.6) is 0 Å². The van der Waals surface area contributed by atoms with Gasteiger partial charge in [0.05, 0.1) is 0 Å². The van der Waals surface area contributed by atoms with Crippen LogP contribution in [0.3, 0.4) is 0 Å². The molecule has 2 fully saturated rings. The van der Waals surface area contributed by atoms with Crippen LogP contribution in [0.25, 0.3) is 0 Å². The average molecular weight is 225 g/mol. The van der Waals surface area contributed by atoms with E-state index in [9.17, 15) is 0 Å². The van der Waals surface area contributed by atoms with Crippen LogP contribution in [0.1, 0.15) is 46.0 Å². The van der Waals surface area contributed by atoms with Crippen molar-refractivity contribution in [1.82, 2.24) is 4.90 Å². The van der Waals surface area contributed by atoms with Crippen molar-refractivity contribution in [3.63, 3.8) is 0 Å². The van der Waals surface area contributed by atoms with Crippen molar-refractivity contribution in [3.8, 4) is 0 Å². The molecular weight excluding hydrogens is 198 g/mol. The lowest BCUT2D eigenvalue weighted by Gasteiger charge is -2.40. The van der Waals surface area contributed by atoms with Gasteiger partial charge < -0.3 is 9.64 Å². The highest BCUT2D eigenvalue weighted by atomic mass is 16.5. The summed E-state index contributed by atoms with van der Waals surface area (Å²) in [5.74, 6) is 1.91. The van der Waals surface area contributed by atoms with Crippen LogP contribution < -0.4 is 0 Å². The van der Waals surface area contributed by atoms with Gasteiger partial charge in [-0.15, -0.1) is 0 Å². The number of ether oxygens (including phenoxy) is 1. The van der Waals surface area contributed by atoms with Crippen LogP contribution in [0.2, 0.25) is 0 Å². The molecule has 0 aromatic heterocycles. The van der Waals surface area contributed by atoms with Crippen molar-refractivity contribution < 1.29 is 4.74 Å². The number of likely N-dealkylation sites (tertiary alicyclic amines) is 1. The molecule has 16 heavy (non-hydrogen) atoms. The van der Waals surface area contributed by atoms with E-state index in [-0.39, 0.29) is 0 Å². The topological polar surface area (TPSA) is 12.5 Å². The van der Waals surface area contributed by atoms with Gasteiger partial charge in [-0.3, -0.25) is 0 Å². The molecule has 0 spiro atoms. The van der Waals surface area contributed by atoms with Crippen molar-refractivity contribution in [2.24, 2.45) is 11.8 Å². The molecule has 2 rings (SSSR count). The lowest BCUT2D eigenvalue weighted by Crippen LogP contribution is -2.44. The summed E-state index contributed by atoms with van der Waals surface area (Å²) in [5.41, 5.74) is 0. The quantitative estimate of drug-likeness (QED) is 0.732. The molecule has 0 saturated carbocycles. The molecule has 0 N–H and O–H groups in total. The van der Waals surface area contributed by atoms with Crippen LogP contribution in [0.15, 0.2) is 0 Å². The first-order chi connectivity index (χ1) is 7.81. The Morgan fingerprint density at radius 2 is 1.75 bits per heavy atom. The summed E-state index contributed by atoms with van der Waals surface area (Å²) in [6.45, 7) is 9.38. The average Bonchev–Trinajstić information content (AvgIpc) is 2.39. The highest BCUT2D eigenvalue weighted by molar-refractivity contribution is 4.81. The molecule has 0 aromatic carbocycles. The Morgan fingerprint density at radius 3 is 2.31 bits per heavy atom. The standard InChI is InChI=1S/C14H27NO/c1-3-12(2)13-4-8-15(9-5-13)14-6-10-16-11-7-14/h12-14H,3-11H2,1-2H3. The third-order valence-electron chi connectivity index (χ3n) is 4.73. The van der Waals surface area contributed by atoms with Gasteiger partial charge in [0, 0.05) is 19.3 Å². The zero-order valence-corrected chi connectivity index (χ0v) is 11.0. The fourth-order valence-electron chi connectivity index (χ4n) is 3.24. The maximum Gasteiger partial charge on any atom is 0.0480 e. The SMILES string of the molecule is CCC(C)C1CCN(C2CCOCC2)CC1. The van der Waals surface area contributed by atoms with Crippen molar-refractivity contribution in [1.29, 1.82) is 0 Å². The van der Waals surface area contributed by atoms with Crippen molar-refractivity contribution >= 4 is 0 Å². The number of nitrogens with zero attached hydrogens (tertiary/aromatic N) is 1. The molecule has 2 heterocycles. The van der Waals surface area contributed by atoms with Crippen molar-refractivity contribution in [3.05, 3.63) is 0 Å². The molecule has 2 nitrogen and oxygen atoms in total. The van der Waals surface area contributed by atoms with Gasteiger partial charge >= 0.3 is 0 Å². The Balaban J connectivity index is 1.75. The summed E-state index contributed by atoms with van der Waals surface area (Å²) < 4.78 is 5.44. The second-order valence-electron chi connectivity index (χ2n) is 5.60. The van der Waals surface area contributed by atoms with E-state index < -0.39 is 0 Å². The molecule has 0 bridgehead atoms. The molecule has 1 unspecified atom stereocenters. The van der Waals surface area contributed by atoms with E-state index in [0.29, 0.717) is 0 Å². The first-order valence-electron chi connectivity index (χ1n) is 7.13. The Labute approximate surface area is 100 Å². The molecule has 2 saturated heterocycles. The summed E-state index contributed by atoms with van der Waals surface area (Å²) >= 11 is 0. The predicted octanol–water partition coefficient (Wildman–Crippen LogP) is 2.92. The largest absolute Gasteiger partial charge is 0.381 e. The molecule has 2 heteroatoms. The smallest absolute Gasteiger partial charge is 0.0480 e. The minimum absolute atomic E-state index is 0.826. The van der Waals surface area contributed by atoms with Gasteiger partial charge in [0.2, 0.25) is 0 Å². The van der Waals surface area contributed by atoms with Crippen LogP contribution in [-0.2, 0) is 4.74 Å². The summed E-state index contributed by atoms with van der Waals surface area (Å²) in [5, 5.41) is 0. The maximum absolute atomic E-state index is 5.44. The molecule has 0 aromatic rings. The molecule has 0 aliphatic carbocycles. The summed E-state index contributed by atoms with van der Waals surface area (Å²) in [7, 11) is 0. The summed E-state index contributed by atoms with van der Waals surface area (Å²) in [6, 6.07) is 0.826. The number of piperidine rings is 1. The molecule has 2 aliphatic rings. The molecule has 2 aliphatic heterocycles. The lowest BCUT2D eigenvalue weighted by atomic mass is 9.83. The fraction of sp³-hybridized carbons (Fsp3) is 1.00. The first kappa shape index (κ1) is 12.4. The molecule has 0 radical (unpaired) electrons. The van der Waals surface area contributed by atoms with Gasteiger partial charge in [-0.1, -0.05) is 20.3 Å². The van der Waals surface area contributed by atoms with E-state index in [2.05, 4.69) is 18.7 Å². The number of hydrogen-bond acceptors (Lipinski definition) is 2. The van der Waals surface area contributed by atoms with Gasteiger partial charge in [-0.25, -0.2) is 0 Å². The van der Waals surface area contributed by atoms with Gasteiger partial charge in [0.15, 0.2) is 0 Å². The first-order valence-corrected chi connectivity index (χ1v) is 7.13. The summed E-state index contributed by atoms with van der Waals surface area (Å²) in [6.07, 6.45) is 6.71. The number of hydrogen-bond donors (Lipinski definition) is 0. The van der Waals surface area contributed by atoms with Crippen molar-refractivity contribution in [2.75, 3.05) is 26.3 Å². The zero-order chi connectivity index (χ0) is 11.4. The highest BCUT2D eigenvalue weighted by Crippen LogP contribution is 2.29. The zero-order valence-electron chi connectivity index (χ0n) is 11.0. The Bertz CT molecular complexity index is 193. The maximum atomic E-state index is 5.44. The summed E-state index contributed by atoms with van der Waals surface area (Å²) in [4.78, 5) is 2.72. The van der Waals surface area contributed by atoms with E-state index in [4.69, 9.17) is 4.74 Å². The predicted molar refractivity (Wildman–Crippen MR) is 67.6 cm³/mol. The Kier molecular flexibility index (Phi) is 4.66. The second kappa shape index (κ2) is 6.02. The monoisotopic (exact) mass is 225 g/mol. The normalized spacial score (nSPS) is 28.1. The van der Waals surface area contributed by atoms with Gasteiger partial charge in [-0.2, -0.15) is 0 Å². The van der Waals surface area contributed by atoms with E-state index in [0.717, 1.165) is 31.1 Å². The Morgan fingerprint density at radius 1 is 1.12 bits per heavy atom. The van der Waals surface area contributed by atoms with Crippen molar-refractivity contribution in [2.45, 2.75) is 52.0 Å². The van der Waals surface area contributed by atoms with Crippen LogP contribution in [0.4, 0.5) is 0 Å². The van der Waals surface area contributed by atoms with Crippen LogP contribution >= 0.6 is 0 Å². The van der Waals surface area contributed by atoms with Crippen LogP contribution in [-0.4, -0.2) is 37.2 Å². The highest BCUT2D eigenvalue weighted by Gasteiger charge is 2.27. The third-order valence-corrected chi connectivity index (χ3v) is 4.73. The van der Waals surface area contributed by atoms with E-state index in [1.807, 2.05) is 0 Å². The van der Waals surface area contributed by atoms with E-state index >= 15 is 0 Å². The lowest BCUT2D eigenvalue weighted by molar-refractivity contribution is 0.0169. The van der Waals surface area contributed by atoms with Gasteiger partial charge in [0.25, 0.3) is 0 Å². The van der Waals surface area contributed by atoms with Gasteiger partial charge in [-0.05, 0) is 50.6 Å². The molecule has 0 amide bonds. The van der Waals surface area contributed by atoms with Gasteiger partial charge in [0.1, 0.15) is 0 Å². The minimum atomic E-state index is 0.826. The van der Waals surface area contributed by atoms with E-state index in [1.165, 1.54) is 45.2 Å².